The van der Waals surface area contributed by atoms with E-state index in [4.69, 9.17) is 5.73 Å². The van der Waals surface area contributed by atoms with E-state index in [-0.39, 0.29) is 10.6 Å². The van der Waals surface area contributed by atoms with Gasteiger partial charge in [-0.05, 0) is 30.8 Å². The monoisotopic (exact) mass is 226 g/mol. The van der Waals surface area contributed by atoms with Crippen molar-refractivity contribution in [1.29, 1.82) is 0 Å². The lowest BCUT2D eigenvalue weighted by molar-refractivity contribution is -0.803. The van der Waals surface area contributed by atoms with E-state index < -0.39 is 5.91 Å². The molecule has 1 aliphatic rings. The van der Waals surface area contributed by atoms with E-state index in [1.54, 1.807) is 0 Å². The molecule has 2 heterocycles. The van der Waals surface area contributed by atoms with E-state index in [1.165, 1.54) is 6.42 Å². The molecule has 7 nitrogen and oxygen atoms in total. The molecular formula is C9H14N4O3. The number of piperidine rings is 1. The lowest BCUT2D eigenvalue weighted by atomic mass is 10.1. The molecule has 1 fully saturated rings. The fourth-order valence-electron chi connectivity index (χ4n) is 1.94. The number of hydrogen-bond donors (Lipinski definition) is 1. The minimum atomic E-state index is -0.803. The molecule has 1 amide bonds. The van der Waals surface area contributed by atoms with Crippen LogP contribution in [0, 0.1) is 5.21 Å². The Morgan fingerprint density at radius 1 is 1.50 bits per heavy atom. The van der Waals surface area contributed by atoms with Crippen molar-refractivity contribution in [3.05, 3.63) is 16.6 Å². The lowest BCUT2D eigenvalue weighted by Crippen LogP contribution is -2.36. The summed E-state index contributed by atoms with van der Waals surface area (Å²) in [5, 5.41) is 14.7. The zero-order valence-electron chi connectivity index (χ0n) is 8.89. The highest BCUT2D eigenvalue weighted by Gasteiger charge is 2.26. The normalized spacial score (nSPS) is 17.5. The zero-order valence-corrected chi connectivity index (χ0v) is 8.89. The quantitative estimate of drug-likeness (QED) is 0.693. The Morgan fingerprint density at radius 3 is 2.81 bits per heavy atom. The van der Waals surface area contributed by atoms with Crippen LogP contribution in [0.5, 0.6) is 0 Å². The van der Waals surface area contributed by atoms with Gasteiger partial charge >= 0.3 is 0 Å². The Balaban J connectivity index is 2.11. The smallest absolute Gasteiger partial charge is 0.297 e. The van der Waals surface area contributed by atoms with Gasteiger partial charge in [-0.25, -0.2) is 0 Å². The first-order valence-corrected chi connectivity index (χ1v) is 5.29. The number of aromatic nitrogens is 2. The average Bonchev–Trinajstić information content (AvgIpc) is 2.61. The molecule has 7 heteroatoms. The number of carbonyl (C=O) groups excluding carboxylic acids is 1. The molecular weight excluding hydrogens is 212 g/mol. The van der Waals surface area contributed by atoms with Gasteiger partial charge in [-0.3, -0.25) is 14.3 Å². The van der Waals surface area contributed by atoms with E-state index in [0.29, 0.717) is 12.2 Å². The highest BCUT2D eigenvalue weighted by molar-refractivity contribution is 5.90. The highest BCUT2D eigenvalue weighted by Crippen LogP contribution is 2.12. The number of amides is 1. The van der Waals surface area contributed by atoms with Crippen LogP contribution >= 0.6 is 0 Å². The maximum Gasteiger partial charge on any atom is 0.297 e. The second-order valence-corrected chi connectivity index (χ2v) is 3.93. The summed E-state index contributed by atoms with van der Waals surface area (Å²) in [6.07, 6.45) is 3.47. The van der Waals surface area contributed by atoms with Gasteiger partial charge in [-0.1, -0.05) is 6.42 Å². The van der Waals surface area contributed by atoms with Crippen LogP contribution in [-0.4, -0.2) is 29.1 Å². The van der Waals surface area contributed by atoms with Gasteiger partial charge in [0.05, 0.1) is 6.54 Å². The first-order valence-electron chi connectivity index (χ1n) is 5.29. The summed E-state index contributed by atoms with van der Waals surface area (Å²) >= 11 is 0. The van der Waals surface area contributed by atoms with Gasteiger partial charge < -0.3 is 10.9 Å². The number of hydrogen-bond acceptors (Lipinski definition) is 5. The Bertz CT molecular complexity index is 384. The summed E-state index contributed by atoms with van der Waals surface area (Å²) in [5.41, 5.74) is 5.22. The van der Waals surface area contributed by atoms with E-state index in [9.17, 15) is 10.0 Å². The SMILES string of the molecule is NC(=O)c1c(CN2CCCCC2)no[n+]1[O-]. The molecule has 1 saturated heterocycles. The van der Waals surface area contributed by atoms with Crippen molar-refractivity contribution in [2.24, 2.45) is 5.73 Å². The third-order valence-corrected chi connectivity index (χ3v) is 2.74. The van der Waals surface area contributed by atoms with Gasteiger partial charge in [-0.2, -0.15) is 0 Å². The van der Waals surface area contributed by atoms with E-state index in [0.717, 1.165) is 25.9 Å². The molecule has 1 aliphatic heterocycles. The maximum atomic E-state index is 11.1. The van der Waals surface area contributed by atoms with Crippen molar-refractivity contribution in [2.45, 2.75) is 25.8 Å². The largest absolute Gasteiger partial charge is 0.362 e. The number of rotatable bonds is 3. The van der Waals surface area contributed by atoms with Crippen molar-refractivity contribution in [3.63, 3.8) is 0 Å². The summed E-state index contributed by atoms with van der Waals surface area (Å²) in [6, 6.07) is 0. The fourth-order valence-corrected chi connectivity index (χ4v) is 1.94. The Kier molecular flexibility index (Phi) is 3.04. The molecule has 0 spiro atoms. The third kappa shape index (κ3) is 2.13. The van der Waals surface area contributed by atoms with Crippen LogP contribution in [0.4, 0.5) is 0 Å². The molecule has 0 radical (unpaired) electrons. The molecule has 1 aromatic rings. The first-order chi connectivity index (χ1) is 7.68. The van der Waals surface area contributed by atoms with Gasteiger partial charge in [0.1, 0.15) is 0 Å². The molecule has 88 valence electrons. The Morgan fingerprint density at radius 2 is 2.19 bits per heavy atom. The van der Waals surface area contributed by atoms with E-state index in [2.05, 4.69) is 14.7 Å². The molecule has 1 aromatic heterocycles. The van der Waals surface area contributed by atoms with Crippen LogP contribution in [0.2, 0.25) is 0 Å². The Labute approximate surface area is 92.3 Å². The Hall–Kier alpha value is -1.63. The van der Waals surface area contributed by atoms with Gasteiger partial charge in [0.2, 0.25) is 5.69 Å². The number of likely N-dealkylation sites (tertiary alicyclic amines) is 1. The number of nitrogens with zero attached hydrogens (tertiary/aromatic N) is 3. The molecule has 0 bridgehead atoms. The average molecular weight is 226 g/mol. The van der Waals surface area contributed by atoms with Crippen LogP contribution in [0.1, 0.15) is 35.4 Å². The van der Waals surface area contributed by atoms with Crippen LogP contribution in [0.3, 0.4) is 0 Å². The number of primary amides is 1. The van der Waals surface area contributed by atoms with Gasteiger partial charge in [0, 0.05) is 5.16 Å². The lowest BCUT2D eigenvalue weighted by Gasteiger charge is -2.24. The predicted molar refractivity (Wildman–Crippen MR) is 53.1 cm³/mol. The van der Waals surface area contributed by atoms with Crippen molar-refractivity contribution in [1.82, 2.24) is 10.1 Å². The minimum Gasteiger partial charge on any atom is -0.362 e. The summed E-state index contributed by atoms with van der Waals surface area (Å²) in [7, 11) is 0. The van der Waals surface area contributed by atoms with Crippen molar-refractivity contribution < 1.29 is 14.3 Å². The standard InChI is InChI=1S/C9H14N4O3/c10-9(14)8-7(11-16-13(8)15)6-12-4-2-1-3-5-12/h1-6H2,(H2,10,14). The van der Waals surface area contributed by atoms with Gasteiger partial charge in [0.25, 0.3) is 11.6 Å². The second kappa shape index (κ2) is 4.48. The molecule has 2 N–H and O–H groups in total. The van der Waals surface area contributed by atoms with Crippen LogP contribution in [0.15, 0.2) is 4.63 Å². The van der Waals surface area contributed by atoms with Crippen LogP contribution in [0.25, 0.3) is 0 Å². The summed E-state index contributed by atoms with van der Waals surface area (Å²) in [4.78, 5) is 13.2. The van der Waals surface area contributed by atoms with E-state index >= 15 is 0 Å². The molecule has 0 aromatic carbocycles. The van der Waals surface area contributed by atoms with Crippen LogP contribution in [-0.2, 0) is 6.54 Å². The topological polar surface area (TPSA) is 99.3 Å². The number of carbonyl (C=O) groups is 1. The molecule has 0 atom stereocenters. The predicted octanol–water partition coefficient (Wildman–Crippen LogP) is -0.607. The molecule has 0 aliphatic carbocycles. The van der Waals surface area contributed by atoms with E-state index in [1.807, 2.05) is 0 Å². The molecule has 0 unspecified atom stereocenters. The van der Waals surface area contributed by atoms with Crippen molar-refractivity contribution >= 4 is 5.91 Å². The third-order valence-electron chi connectivity index (χ3n) is 2.74. The molecule has 2 rings (SSSR count). The fraction of sp³-hybridized carbons (Fsp3) is 0.667. The number of nitrogens with two attached hydrogens (primary N) is 1. The highest BCUT2D eigenvalue weighted by atomic mass is 16.8. The van der Waals surface area contributed by atoms with Gasteiger partial charge in [-0.15, -0.1) is 0 Å². The maximum absolute atomic E-state index is 11.1. The second-order valence-electron chi connectivity index (χ2n) is 3.93. The zero-order chi connectivity index (χ0) is 11.5. The molecule has 0 saturated carbocycles. The van der Waals surface area contributed by atoms with Gasteiger partial charge in [0.15, 0.2) is 0 Å². The molecule has 16 heavy (non-hydrogen) atoms. The first kappa shape index (κ1) is 10.9. The van der Waals surface area contributed by atoms with Crippen molar-refractivity contribution in [3.8, 4) is 0 Å². The van der Waals surface area contributed by atoms with Crippen molar-refractivity contribution in [2.75, 3.05) is 13.1 Å². The summed E-state index contributed by atoms with van der Waals surface area (Å²) < 4.78 is 4.38. The minimum absolute atomic E-state index is 0.0710. The summed E-state index contributed by atoms with van der Waals surface area (Å²) in [6.45, 7) is 2.34. The summed E-state index contributed by atoms with van der Waals surface area (Å²) in [5.74, 6) is -0.803. The van der Waals surface area contributed by atoms with Crippen LogP contribution < -0.4 is 10.6 Å².